The molecule has 94 valence electrons. The van der Waals surface area contributed by atoms with E-state index >= 15 is 0 Å². The summed E-state index contributed by atoms with van der Waals surface area (Å²) >= 11 is 0. The highest BCUT2D eigenvalue weighted by atomic mass is 16.2. The summed E-state index contributed by atoms with van der Waals surface area (Å²) in [5.74, 6) is 0.182. The van der Waals surface area contributed by atoms with Gasteiger partial charge < -0.3 is 4.90 Å². The minimum atomic E-state index is 0.182. The summed E-state index contributed by atoms with van der Waals surface area (Å²) in [7, 11) is 1.85. The summed E-state index contributed by atoms with van der Waals surface area (Å²) in [5, 5.41) is 8.74. The summed E-state index contributed by atoms with van der Waals surface area (Å²) in [4.78, 5) is 15.7. The second-order valence-electron chi connectivity index (χ2n) is 4.69. The van der Waals surface area contributed by atoms with Gasteiger partial charge in [-0.15, -0.1) is 0 Å². The molecule has 1 heterocycles. The van der Waals surface area contributed by atoms with Gasteiger partial charge in [0.15, 0.2) is 0 Å². The highest BCUT2D eigenvalue weighted by Crippen LogP contribution is 2.10. The first kappa shape index (κ1) is 12.6. The Morgan fingerprint density at radius 3 is 2.67 bits per heavy atom. The molecule has 0 N–H and O–H groups in total. The van der Waals surface area contributed by atoms with Crippen molar-refractivity contribution >= 4 is 5.91 Å². The zero-order valence-electron chi connectivity index (χ0n) is 10.6. The number of hydrogen-bond acceptors (Lipinski definition) is 3. The lowest BCUT2D eigenvalue weighted by atomic mass is 10.1. The molecule has 2 rings (SSSR count). The van der Waals surface area contributed by atoms with Crippen LogP contribution < -0.4 is 0 Å². The number of hydrogen-bond donors (Lipinski definition) is 0. The molecule has 0 bridgehead atoms. The van der Waals surface area contributed by atoms with Gasteiger partial charge in [0, 0.05) is 26.7 Å². The Balaban J connectivity index is 2.00. The van der Waals surface area contributed by atoms with Crippen LogP contribution in [0.5, 0.6) is 0 Å². The second-order valence-corrected chi connectivity index (χ2v) is 4.69. The van der Waals surface area contributed by atoms with Crippen LogP contribution in [0.1, 0.15) is 17.5 Å². The van der Waals surface area contributed by atoms with Gasteiger partial charge in [-0.1, -0.05) is 12.1 Å². The van der Waals surface area contributed by atoms with Gasteiger partial charge in [0.25, 0.3) is 0 Å². The number of carbonyl (C=O) groups is 1. The summed E-state index contributed by atoms with van der Waals surface area (Å²) < 4.78 is 0. The van der Waals surface area contributed by atoms with E-state index in [9.17, 15) is 4.79 Å². The fraction of sp³-hybridized carbons (Fsp3) is 0.429. The van der Waals surface area contributed by atoms with Gasteiger partial charge in [0.2, 0.25) is 5.91 Å². The lowest BCUT2D eigenvalue weighted by Crippen LogP contribution is -2.34. The predicted octanol–water partition coefficient (Wildman–Crippen LogP) is 1.22. The van der Waals surface area contributed by atoms with Crippen molar-refractivity contribution in [1.29, 1.82) is 5.26 Å². The number of likely N-dealkylation sites (N-methyl/N-ethyl adjacent to an activating group) is 1. The molecule has 1 aliphatic rings. The van der Waals surface area contributed by atoms with Crippen molar-refractivity contribution in [2.24, 2.45) is 0 Å². The number of carbonyl (C=O) groups excluding carboxylic acids is 1. The van der Waals surface area contributed by atoms with Gasteiger partial charge in [-0.2, -0.15) is 5.26 Å². The molecule has 0 unspecified atom stereocenters. The number of nitriles is 1. The number of amides is 1. The largest absolute Gasteiger partial charge is 0.345 e. The van der Waals surface area contributed by atoms with Crippen LogP contribution in [0.2, 0.25) is 0 Å². The van der Waals surface area contributed by atoms with Crippen LogP contribution in [0.4, 0.5) is 0 Å². The second kappa shape index (κ2) is 5.65. The number of benzene rings is 1. The van der Waals surface area contributed by atoms with Gasteiger partial charge in [-0.3, -0.25) is 9.69 Å². The fourth-order valence-electron chi connectivity index (χ4n) is 2.13. The average Bonchev–Trinajstić information content (AvgIpc) is 2.53. The van der Waals surface area contributed by atoms with Gasteiger partial charge >= 0.3 is 0 Å². The molecule has 1 amide bonds. The molecule has 0 saturated carbocycles. The Morgan fingerprint density at radius 2 is 2.00 bits per heavy atom. The van der Waals surface area contributed by atoms with E-state index in [2.05, 4.69) is 11.0 Å². The average molecular weight is 243 g/mol. The Labute approximate surface area is 107 Å². The van der Waals surface area contributed by atoms with Crippen molar-refractivity contribution in [2.45, 2.75) is 13.0 Å². The highest BCUT2D eigenvalue weighted by Gasteiger charge is 2.18. The molecule has 0 spiro atoms. The van der Waals surface area contributed by atoms with Crippen molar-refractivity contribution in [2.75, 3.05) is 26.7 Å². The van der Waals surface area contributed by atoms with E-state index in [0.29, 0.717) is 12.1 Å². The SMILES string of the molecule is CN1CCCN(Cc2ccc(C#N)cc2)CC1=O. The Hall–Kier alpha value is -1.86. The fourth-order valence-corrected chi connectivity index (χ4v) is 2.13. The Kier molecular flexibility index (Phi) is 3.96. The Bertz CT molecular complexity index is 461. The first-order valence-electron chi connectivity index (χ1n) is 6.14. The molecule has 4 heteroatoms. The molecular formula is C14H17N3O. The predicted molar refractivity (Wildman–Crippen MR) is 68.7 cm³/mol. The maximum atomic E-state index is 11.8. The molecule has 1 saturated heterocycles. The number of rotatable bonds is 2. The monoisotopic (exact) mass is 243 g/mol. The van der Waals surface area contributed by atoms with Gasteiger partial charge in [-0.05, 0) is 24.1 Å². The standard InChI is InChI=1S/C14H17N3O/c1-16-7-2-8-17(11-14(16)18)10-13-5-3-12(9-15)4-6-13/h3-6H,2,7-8,10-11H2,1H3. The van der Waals surface area contributed by atoms with E-state index in [1.165, 1.54) is 0 Å². The topological polar surface area (TPSA) is 47.3 Å². The molecule has 0 radical (unpaired) electrons. The smallest absolute Gasteiger partial charge is 0.236 e. The van der Waals surface area contributed by atoms with Crippen LogP contribution in [0.3, 0.4) is 0 Å². The minimum absolute atomic E-state index is 0.182. The Morgan fingerprint density at radius 1 is 1.28 bits per heavy atom. The molecule has 1 aromatic rings. The van der Waals surface area contributed by atoms with E-state index in [0.717, 1.165) is 31.6 Å². The molecule has 0 aliphatic carbocycles. The van der Waals surface area contributed by atoms with Crippen LogP contribution >= 0.6 is 0 Å². The third-order valence-corrected chi connectivity index (χ3v) is 3.24. The molecule has 0 aromatic heterocycles. The van der Waals surface area contributed by atoms with Gasteiger partial charge in [0.05, 0.1) is 18.2 Å². The molecule has 1 fully saturated rings. The van der Waals surface area contributed by atoms with Crippen molar-refractivity contribution < 1.29 is 4.79 Å². The van der Waals surface area contributed by atoms with Crippen LogP contribution in [-0.2, 0) is 11.3 Å². The van der Waals surface area contributed by atoms with Crippen molar-refractivity contribution in [3.8, 4) is 6.07 Å². The van der Waals surface area contributed by atoms with E-state index in [-0.39, 0.29) is 5.91 Å². The maximum absolute atomic E-state index is 11.8. The lowest BCUT2D eigenvalue weighted by molar-refractivity contribution is -0.129. The van der Waals surface area contributed by atoms with E-state index < -0.39 is 0 Å². The summed E-state index contributed by atoms with van der Waals surface area (Å²) in [6, 6.07) is 9.66. The third-order valence-electron chi connectivity index (χ3n) is 3.24. The van der Waals surface area contributed by atoms with E-state index in [1.807, 2.05) is 31.3 Å². The quantitative estimate of drug-likeness (QED) is 0.784. The summed E-state index contributed by atoms with van der Waals surface area (Å²) in [6.07, 6.45) is 1.01. The molecule has 1 aliphatic heterocycles. The molecule has 4 nitrogen and oxygen atoms in total. The highest BCUT2D eigenvalue weighted by molar-refractivity contribution is 5.78. The number of nitrogens with zero attached hydrogens (tertiary/aromatic N) is 3. The molecular weight excluding hydrogens is 226 g/mol. The maximum Gasteiger partial charge on any atom is 0.236 e. The summed E-state index contributed by atoms with van der Waals surface area (Å²) in [6.45, 7) is 3.03. The summed E-state index contributed by atoms with van der Waals surface area (Å²) in [5.41, 5.74) is 1.82. The van der Waals surface area contributed by atoms with E-state index in [1.54, 1.807) is 4.90 Å². The van der Waals surface area contributed by atoms with Crippen LogP contribution in [0.25, 0.3) is 0 Å². The van der Waals surface area contributed by atoms with Crippen molar-refractivity contribution in [3.63, 3.8) is 0 Å². The van der Waals surface area contributed by atoms with Crippen LogP contribution in [-0.4, -0.2) is 42.4 Å². The van der Waals surface area contributed by atoms with Crippen LogP contribution in [0, 0.1) is 11.3 Å². The van der Waals surface area contributed by atoms with Crippen molar-refractivity contribution in [1.82, 2.24) is 9.80 Å². The van der Waals surface area contributed by atoms with Gasteiger partial charge in [-0.25, -0.2) is 0 Å². The normalized spacial score (nSPS) is 17.3. The molecule has 0 atom stereocenters. The third kappa shape index (κ3) is 3.08. The zero-order valence-corrected chi connectivity index (χ0v) is 10.6. The lowest BCUT2D eigenvalue weighted by Gasteiger charge is -2.19. The zero-order chi connectivity index (χ0) is 13.0. The molecule has 1 aromatic carbocycles. The minimum Gasteiger partial charge on any atom is -0.345 e. The van der Waals surface area contributed by atoms with E-state index in [4.69, 9.17) is 5.26 Å². The van der Waals surface area contributed by atoms with Gasteiger partial charge in [0.1, 0.15) is 0 Å². The first-order valence-corrected chi connectivity index (χ1v) is 6.14. The van der Waals surface area contributed by atoms with Crippen LogP contribution in [0.15, 0.2) is 24.3 Å². The first-order chi connectivity index (χ1) is 8.69. The van der Waals surface area contributed by atoms with Crippen molar-refractivity contribution in [3.05, 3.63) is 35.4 Å². The molecule has 18 heavy (non-hydrogen) atoms.